The van der Waals surface area contributed by atoms with Gasteiger partial charge >= 0.3 is 5.97 Å². The van der Waals surface area contributed by atoms with Crippen LogP contribution in [-0.2, 0) is 10.0 Å². The van der Waals surface area contributed by atoms with Crippen LogP contribution in [-0.4, -0.2) is 36.7 Å². The van der Waals surface area contributed by atoms with Crippen LogP contribution < -0.4 is 4.72 Å². The third kappa shape index (κ3) is 2.55. The lowest BCUT2D eigenvalue weighted by atomic mass is 9.91. The fraction of sp³-hybridized carbons (Fsp3) is 0.308. The van der Waals surface area contributed by atoms with E-state index in [2.05, 4.69) is 4.72 Å². The summed E-state index contributed by atoms with van der Waals surface area (Å²) in [5.74, 6) is -1.26. The average Bonchev–Trinajstić information content (AvgIpc) is 2.76. The molecule has 1 heterocycles. The van der Waals surface area contributed by atoms with Gasteiger partial charge in [-0.25, -0.2) is 17.9 Å². The van der Waals surface area contributed by atoms with Crippen molar-refractivity contribution in [3.63, 3.8) is 0 Å². The van der Waals surface area contributed by atoms with E-state index in [1.165, 1.54) is 0 Å². The van der Waals surface area contributed by atoms with Crippen LogP contribution in [0.15, 0.2) is 29.2 Å². The van der Waals surface area contributed by atoms with Gasteiger partial charge in [0.25, 0.3) is 0 Å². The summed E-state index contributed by atoms with van der Waals surface area (Å²) in [4.78, 5) is 11.0. The zero-order valence-electron chi connectivity index (χ0n) is 10.8. The number of carbonyl (C=O) groups is 1. The Labute approximate surface area is 125 Å². The molecule has 21 heavy (non-hydrogen) atoms. The van der Waals surface area contributed by atoms with E-state index in [0.717, 1.165) is 11.3 Å². The Bertz CT molecular complexity index is 805. The third-order valence-electron chi connectivity index (χ3n) is 3.45. The number of hydrogen-bond donors (Lipinski definition) is 3. The number of carboxylic acids is 1. The molecule has 3 N–H and O–H groups in total. The summed E-state index contributed by atoms with van der Waals surface area (Å²) < 4.78 is 28.1. The molecule has 0 atom stereocenters. The average molecular weight is 327 g/mol. The summed E-state index contributed by atoms with van der Waals surface area (Å²) in [6.45, 7) is 0. The van der Waals surface area contributed by atoms with E-state index in [9.17, 15) is 23.4 Å². The molecule has 0 aliphatic heterocycles. The van der Waals surface area contributed by atoms with E-state index in [4.69, 9.17) is 0 Å². The summed E-state index contributed by atoms with van der Waals surface area (Å²) in [7, 11) is -3.93. The minimum atomic E-state index is -3.93. The Morgan fingerprint density at radius 3 is 2.57 bits per heavy atom. The van der Waals surface area contributed by atoms with Crippen molar-refractivity contribution in [2.24, 2.45) is 0 Å². The van der Waals surface area contributed by atoms with Crippen LogP contribution in [0, 0.1) is 0 Å². The summed E-state index contributed by atoms with van der Waals surface area (Å²) in [6.07, 6.45) is 0.212. The maximum absolute atomic E-state index is 12.5. The van der Waals surface area contributed by atoms with Gasteiger partial charge in [-0.2, -0.15) is 0 Å². The molecule has 0 radical (unpaired) electrons. The van der Waals surface area contributed by atoms with Gasteiger partial charge < -0.3 is 10.2 Å². The van der Waals surface area contributed by atoms with Gasteiger partial charge in [-0.1, -0.05) is 18.2 Å². The highest BCUT2D eigenvalue weighted by atomic mass is 32.2. The van der Waals surface area contributed by atoms with Gasteiger partial charge in [0.1, 0.15) is 9.77 Å². The van der Waals surface area contributed by atoms with E-state index in [-0.39, 0.29) is 15.8 Å². The Morgan fingerprint density at radius 2 is 1.95 bits per heavy atom. The highest BCUT2D eigenvalue weighted by molar-refractivity contribution is 7.90. The molecule has 1 aromatic heterocycles. The molecule has 1 fully saturated rings. The number of benzene rings is 1. The number of sulfonamides is 1. The number of carboxylic acid groups (broad SMARTS) is 1. The smallest absolute Gasteiger partial charge is 0.347 e. The Balaban J connectivity index is 2.09. The van der Waals surface area contributed by atoms with Gasteiger partial charge in [-0.3, -0.25) is 0 Å². The van der Waals surface area contributed by atoms with Crippen LogP contribution in [0.5, 0.6) is 0 Å². The van der Waals surface area contributed by atoms with E-state index in [1.54, 1.807) is 24.3 Å². The zero-order valence-corrected chi connectivity index (χ0v) is 12.4. The highest BCUT2D eigenvalue weighted by Crippen LogP contribution is 2.35. The topological polar surface area (TPSA) is 104 Å². The molecule has 0 amide bonds. The van der Waals surface area contributed by atoms with Crippen LogP contribution in [0.2, 0.25) is 0 Å². The number of hydrogen-bond acceptors (Lipinski definition) is 5. The van der Waals surface area contributed by atoms with Gasteiger partial charge in [-0.15, -0.1) is 11.3 Å². The van der Waals surface area contributed by atoms with Crippen LogP contribution >= 0.6 is 11.3 Å². The van der Waals surface area contributed by atoms with Crippen molar-refractivity contribution in [2.75, 3.05) is 0 Å². The van der Waals surface area contributed by atoms with Gasteiger partial charge in [-0.05, 0) is 18.9 Å². The monoisotopic (exact) mass is 327 g/mol. The first kappa shape index (κ1) is 14.5. The molecule has 0 unspecified atom stereocenters. The molecule has 2 aromatic rings. The second-order valence-corrected chi connectivity index (χ2v) is 7.71. The molecular formula is C13H13NO5S2. The second kappa shape index (κ2) is 5.06. The van der Waals surface area contributed by atoms with Crippen molar-refractivity contribution >= 4 is 37.4 Å². The van der Waals surface area contributed by atoms with Gasteiger partial charge in [0.05, 0.1) is 6.10 Å². The van der Waals surface area contributed by atoms with Crippen molar-refractivity contribution in [1.29, 1.82) is 0 Å². The molecule has 8 heteroatoms. The lowest BCUT2D eigenvalue weighted by Gasteiger charge is -2.31. The predicted molar refractivity (Wildman–Crippen MR) is 78.1 cm³/mol. The van der Waals surface area contributed by atoms with Crippen molar-refractivity contribution in [3.8, 4) is 0 Å². The van der Waals surface area contributed by atoms with Crippen molar-refractivity contribution in [1.82, 2.24) is 4.72 Å². The zero-order chi connectivity index (χ0) is 15.2. The van der Waals surface area contributed by atoms with E-state index in [0.29, 0.717) is 22.9 Å². The van der Waals surface area contributed by atoms with Crippen molar-refractivity contribution in [2.45, 2.75) is 29.9 Å². The molecule has 1 aliphatic carbocycles. The number of thiophene rings is 1. The maximum atomic E-state index is 12.5. The van der Waals surface area contributed by atoms with Crippen LogP contribution in [0.25, 0.3) is 10.1 Å². The molecule has 0 spiro atoms. The lowest BCUT2D eigenvalue weighted by Crippen LogP contribution is -2.46. The summed E-state index contributed by atoms with van der Waals surface area (Å²) in [5.41, 5.74) is 0. The SMILES string of the molecule is O=C(O)c1sc2ccccc2c1S(=O)(=O)NC1CC(O)C1. The van der Waals surface area contributed by atoms with Gasteiger partial charge in [0, 0.05) is 16.1 Å². The molecule has 0 bridgehead atoms. The van der Waals surface area contributed by atoms with Crippen LogP contribution in [0.3, 0.4) is 0 Å². The molecule has 3 rings (SSSR count). The molecule has 1 saturated carbocycles. The molecular weight excluding hydrogens is 314 g/mol. The Morgan fingerprint density at radius 1 is 1.29 bits per heavy atom. The minimum Gasteiger partial charge on any atom is -0.477 e. The molecule has 6 nitrogen and oxygen atoms in total. The summed E-state index contributed by atoms with van der Waals surface area (Å²) in [5, 5.41) is 18.9. The number of fused-ring (bicyclic) bond motifs is 1. The number of aromatic carboxylic acids is 1. The van der Waals surface area contributed by atoms with E-state index >= 15 is 0 Å². The number of rotatable bonds is 4. The van der Waals surface area contributed by atoms with E-state index < -0.39 is 22.1 Å². The number of nitrogens with one attached hydrogen (secondary N) is 1. The normalized spacial score (nSPS) is 22.1. The van der Waals surface area contributed by atoms with Crippen molar-refractivity contribution < 1.29 is 23.4 Å². The number of aliphatic hydroxyl groups excluding tert-OH is 1. The summed E-state index contributed by atoms with van der Waals surface area (Å²) >= 11 is 0.944. The standard InChI is InChI=1S/C13H13NO5S2/c15-8-5-7(6-8)14-21(18,19)12-9-3-1-2-4-10(9)20-11(12)13(16)17/h1-4,7-8,14-15H,5-6H2,(H,16,17). The molecule has 0 saturated heterocycles. The molecule has 1 aromatic carbocycles. The highest BCUT2D eigenvalue weighted by Gasteiger charge is 2.34. The lowest BCUT2D eigenvalue weighted by molar-refractivity contribution is 0.0690. The van der Waals surface area contributed by atoms with Gasteiger partial charge in [0.15, 0.2) is 0 Å². The van der Waals surface area contributed by atoms with E-state index in [1.807, 2.05) is 0 Å². The maximum Gasteiger partial charge on any atom is 0.347 e. The first-order valence-electron chi connectivity index (χ1n) is 6.33. The number of aliphatic hydroxyl groups is 1. The quantitative estimate of drug-likeness (QED) is 0.787. The molecule has 112 valence electrons. The van der Waals surface area contributed by atoms with Crippen LogP contribution in [0.1, 0.15) is 22.5 Å². The van der Waals surface area contributed by atoms with Crippen molar-refractivity contribution in [3.05, 3.63) is 29.1 Å². The Kier molecular flexibility index (Phi) is 3.48. The Hall–Kier alpha value is -1.48. The fourth-order valence-corrected chi connectivity index (χ4v) is 5.40. The largest absolute Gasteiger partial charge is 0.477 e. The fourth-order valence-electron chi connectivity index (χ4n) is 2.39. The molecule has 1 aliphatic rings. The minimum absolute atomic E-state index is 0.183. The first-order valence-corrected chi connectivity index (χ1v) is 8.63. The predicted octanol–water partition coefficient (Wildman–Crippen LogP) is 1.40. The summed E-state index contributed by atoms with van der Waals surface area (Å²) in [6, 6.07) is 6.36. The van der Waals surface area contributed by atoms with Crippen LogP contribution in [0.4, 0.5) is 0 Å². The first-order chi connectivity index (χ1) is 9.88. The third-order valence-corrected chi connectivity index (χ3v) is 6.34. The second-order valence-electron chi connectivity index (χ2n) is 5.01. The van der Waals surface area contributed by atoms with Gasteiger partial charge in [0.2, 0.25) is 10.0 Å².